The number of aryl methyl sites for hydroxylation is 4. The number of nitrogens with zero attached hydrogens (tertiary/aromatic N) is 2. The quantitative estimate of drug-likeness (QED) is 0.661. The molecule has 1 amide bonds. The van der Waals surface area contributed by atoms with Crippen molar-refractivity contribution in [3.63, 3.8) is 0 Å². The number of carbonyl (C=O) groups is 1. The summed E-state index contributed by atoms with van der Waals surface area (Å²) in [6.45, 7) is 10.0. The van der Waals surface area contributed by atoms with Crippen molar-refractivity contribution in [2.24, 2.45) is 0 Å². The van der Waals surface area contributed by atoms with Gasteiger partial charge in [-0.3, -0.25) is 4.79 Å². The van der Waals surface area contributed by atoms with E-state index in [1.54, 1.807) is 6.08 Å². The second-order valence-corrected chi connectivity index (χ2v) is 6.93. The minimum atomic E-state index is -0.142. The molecule has 1 N–H and O–H groups in total. The van der Waals surface area contributed by atoms with E-state index < -0.39 is 0 Å². The predicted octanol–water partition coefficient (Wildman–Crippen LogP) is 5.07. The zero-order valence-corrected chi connectivity index (χ0v) is 16.5. The van der Waals surface area contributed by atoms with Gasteiger partial charge in [-0.15, -0.1) is 0 Å². The molecule has 0 radical (unpaired) electrons. The maximum atomic E-state index is 12.4. The van der Waals surface area contributed by atoms with E-state index in [-0.39, 0.29) is 5.91 Å². The largest absolute Gasteiger partial charge is 0.322 e. The second-order valence-electron chi connectivity index (χ2n) is 6.93. The second kappa shape index (κ2) is 7.62. The molecule has 0 aliphatic rings. The Bertz CT molecular complexity index is 991. The van der Waals surface area contributed by atoms with Crippen LogP contribution >= 0.6 is 0 Å². The fourth-order valence-electron chi connectivity index (χ4n) is 3.42. The molecule has 4 nitrogen and oxygen atoms in total. The Labute approximate surface area is 160 Å². The number of carbonyl (C=O) groups excluding carboxylic acids is 1. The molecule has 4 heteroatoms. The van der Waals surface area contributed by atoms with Crippen molar-refractivity contribution >= 4 is 17.7 Å². The number of hydrogen-bond acceptors (Lipinski definition) is 2. The predicted molar refractivity (Wildman–Crippen MR) is 111 cm³/mol. The van der Waals surface area contributed by atoms with Gasteiger partial charge in [0.15, 0.2) is 0 Å². The summed E-state index contributed by atoms with van der Waals surface area (Å²) in [6.07, 6.45) is 3.41. The van der Waals surface area contributed by atoms with Crippen LogP contribution in [-0.2, 0) is 4.79 Å². The van der Waals surface area contributed by atoms with Gasteiger partial charge >= 0.3 is 0 Å². The highest BCUT2D eigenvalue weighted by molar-refractivity contribution is 6.03. The van der Waals surface area contributed by atoms with Gasteiger partial charge in [-0.05, 0) is 64.0 Å². The molecular weight excluding hydrogens is 334 g/mol. The van der Waals surface area contributed by atoms with E-state index in [1.165, 1.54) is 5.56 Å². The first-order valence-electron chi connectivity index (χ1n) is 9.05. The van der Waals surface area contributed by atoms with Crippen molar-refractivity contribution in [1.29, 1.82) is 0 Å². The van der Waals surface area contributed by atoms with Crippen molar-refractivity contribution in [3.05, 3.63) is 82.2 Å². The summed E-state index contributed by atoms with van der Waals surface area (Å²) in [7, 11) is 0. The number of rotatable bonds is 4. The van der Waals surface area contributed by atoms with Gasteiger partial charge in [0.2, 0.25) is 5.91 Å². The van der Waals surface area contributed by atoms with Gasteiger partial charge in [-0.1, -0.05) is 35.9 Å². The van der Waals surface area contributed by atoms with Gasteiger partial charge in [0, 0.05) is 23.0 Å². The summed E-state index contributed by atoms with van der Waals surface area (Å²) in [5.41, 5.74) is 8.08. The van der Waals surface area contributed by atoms with Crippen molar-refractivity contribution in [3.8, 4) is 5.69 Å². The molecule has 0 atom stereocenters. The zero-order valence-electron chi connectivity index (χ0n) is 16.5. The van der Waals surface area contributed by atoms with Gasteiger partial charge < -0.3 is 5.32 Å². The summed E-state index contributed by atoms with van der Waals surface area (Å²) < 4.78 is 1.90. The van der Waals surface area contributed by atoms with E-state index in [0.717, 1.165) is 39.5 Å². The highest BCUT2D eigenvalue weighted by Crippen LogP contribution is 2.22. The molecule has 0 bridgehead atoms. The van der Waals surface area contributed by atoms with Crippen molar-refractivity contribution in [2.45, 2.75) is 34.6 Å². The van der Waals surface area contributed by atoms with Crippen LogP contribution in [0.1, 0.15) is 33.6 Å². The fraction of sp³-hybridized carbons (Fsp3) is 0.217. The number of aromatic nitrogens is 2. The maximum Gasteiger partial charge on any atom is 0.248 e. The Morgan fingerprint density at radius 2 is 1.63 bits per heavy atom. The number of benzene rings is 2. The number of amides is 1. The van der Waals surface area contributed by atoms with E-state index in [0.29, 0.717) is 0 Å². The summed E-state index contributed by atoms with van der Waals surface area (Å²) >= 11 is 0. The van der Waals surface area contributed by atoms with E-state index >= 15 is 0 Å². The monoisotopic (exact) mass is 359 g/mol. The first kappa shape index (κ1) is 18.6. The normalized spacial score (nSPS) is 11.1. The maximum absolute atomic E-state index is 12.4. The molecular formula is C23H25N3O. The molecule has 0 aliphatic carbocycles. The third-order valence-corrected chi connectivity index (χ3v) is 4.67. The Morgan fingerprint density at radius 3 is 2.26 bits per heavy atom. The number of hydrogen-bond donors (Lipinski definition) is 1. The molecule has 0 saturated heterocycles. The average molecular weight is 359 g/mol. The van der Waals surface area contributed by atoms with Crippen LogP contribution in [-0.4, -0.2) is 15.7 Å². The van der Waals surface area contributed by atoms with Gasteiger partial charge in [0.05, 0.1) is 11.4 Å². The molecule has 27 heavy (non-hydrogen) atoms. The molecule has 138 valence electrons. The topological polar surface area (TPSA) is 46.9 Å². The molecule has 3 rings (SSSR count). The lowest BCUT2D eigenvalue weighted by Gasteiger charge is -2.11. The summed E-state index contributed by atoms with van der Waals surface area (Å²) in [6, 6.07) is 14.1. The van der Waals surface area contributed by atoms with Crippen molar-refractivity contribution in [2.75, 3.05) is 5.32 Å². The molecule has 0 fully saturated rings. The van der Waals surface area contributed by atoms with Gasteiger partial charge in [-0.25, -0.2) is 4.68 Å². The van der Waals surface area contributed by atoms with E-state index in [9.17, 15) is 4.79 Å². The van der Waals surface area contributed by atoms with Crippen molar-refractivity contribution in [1.82, 2.24) is 9.78 Å². The number of nitrogens with one attached hydrogen (secondary N) is 1. The SMILES string of the molecule is Cc1cc(C)c(NC(=O)/C=C/c2c(C)nn(-c3ccccc3)c2C)c(C)c1. The molecule has 2 aromatic carbocycles. The van der Waals surface area contributed by atoms with Crippen LogP contribution in [0.25, 0.3) is 11.8 Å². The summed E-state index contributed by atoms with van der Waals surface area (Å²) in [5, 5.41) is 7.61. The first-order valence-corrected chi connectivity index (χ1v) is 9.05. The standard InChI is InChI=1S/C23H25N3O/c1-15-13-16(2)23(17(3)14-15)24-22(27)12-11-21-18(4)25-26(19(21)5)20-9-7-6-8-10-20/h6-14H,1-5H3,(H,24,27)/b12-11+. The Hall–Kier alpha value is -3.14. The molecule has 1 heterocycles. The number of para-hydroxylation sites is 1. The lowest BCUT2D eigenvalue weighted by molar-refractivity contribution is -0.111. The van der Waals surface area contributed by atoms with Gasteiger partial charge in [0.25, 0.3) is 0 Å². The van der Waals surface area contributed by atoms with Gasteiger partial charge in [-0.2, -0.15) is 5.10 Å². The fourth-order valence-corrected chi connectivity index (χ4v) is 3.42. The van der Waals surface area contributed by atoms with Crippen LogP contribution in [0.3, 0.4) is 0 Å². The Morgan fingerprint density at radius 1 is 1.00 bits per heavy atom. The molecule has 3 aromatic rings. The van der Waals surface area contributed by atoms with Crippen LogP contribution in [0, 0.1) is 34.6 Å². The van der Waals surface area contributed by atoms with Crippen LogP contribution < -0.4 is 5.32 Å². The third kappa shape index (κ3) is 4.00. The zero-order chi connectivity index (χ0) is 19.6. The Kier molecular flexibility index (Phi) is 5.26. The minimum Gasteiger partial charge on any atom is -0.322 e. The Balaban J connectivity index is 1.83. The van der Waals surface area contributed by atoms with E-state index in [1.807, 2.05) is 68.8 Å². The lowest BCUT2D eigenvalue weighted by Crippen LogP contribution is -2.10. The third-order valence-electron chi connectivity index (χ3n) is 4.67. The molecule has 0 unspecified atom stereocenters. The van der Waals surface area contributed by atoms with Crippen molar-refractivity contribution < 1.29 is 4.79 Å². The smallest absolute Gasteiger partial charge is 0.248 e. The molecule has 0 aliphatic heterocycles. The molecule has 0 spiro atoms. The molecule has 0 saturated carbocycles. The summed E-state index contributed by atoms with van der Waals surface area (Å²) in [4.78, 5) is 12.4. The lowest BCUT2D eigenvalue weighted by atomic mass is 10.1. The van der Waals surface area contributed by atoms with E-state index in [4.69, 9.17) is 0 Å². The van der Waals surface area contributed by atoms with Crippen LogP contribution in [0.5, 0.6) is 0 Å². The molecule has 1 aromatic heterocycles. The first-order chi connectivity index (χ1) is 12.9. The van der Waals surface area contributed by atoms with Crippen LogP contribution in [0.15, 0.2) is 48.5 Å². The highest BCUT2D eigenvalue weighted by atomic mass is 16.1. The van der Waals surface area contributed by atoms with Crippen LogP contribution in [0.2, 0.25) is 0 Å². The van der Waals surface area contributed by atoms with E-state index in [2.05, 4.69) is 29.5 Å². The average Bonchev–Trinajstić information content (AvgIpc) is 2.91. The minimum absolute atomic E-state index is 0.142. The van der Waals surface area contributed by atoms with Gasteiger partial charge in [0.1, 0.15) is 0 Å². The summed E-state index contributed by atoms with van der Waals surface area (Å²) in [5.74, 6) is -0.142. The number of anilines is 1. The highest BCUT2D eigenvalue weighted by Gasteiger charge is 2.11. The van der Waals surface area contributed by atoms with Crippen LogP contribution in [0.4, 0.5) is 5.69 Å².